The van der Waals surface area contributed by atoms with Gasteiger partial charge in [-0.25, -0.2) is 9.97 Å². The minimum atomic E-state index is 0.544. The molecule has 0 saturated carbocycles. The second-order valence-corrected chi connectivity index (χ2v) is 5.77. The molecule has 1 fully saturated rings. The van der Waals surface area contributed by atoms with Crippen molar-refractivity contribution in [2.75, 3.05) is 13.1 Å². The van der Waals surface area contributed by atoms with Crippen LogP contribution >= 0.6 is 0 Å². The minimum absolute atomic E-state index is 0.544. The minimum Gasteiger partial charge on any atom is -0.299 e. The number of aromatic nitrogens is 4. The van der Waals surface area contributed by atoms with E-state index in [1.165, 1.54) is 5.56 Å². The van der Waals surface area contributed by atoms with Gasteiger partial charge in [-0.15, -0.1) is 0 Å². The summed E-state index contributed by atoms with van der Waals surface area (Å²) >= 11 is 0. The number of likely N-dealkylation sites (tertiary alicyclic amines) is 1. The second-order valence-electron chi connectivity index (χ2n) is 5.77. The van der Waals surface area contributed by atoms with Crippen molar-refractivity contribution in [3.8, 4) is 0 Å². The van der Waals surface area contributed by atoms with Crippen LogP contribution in [0.4, 0.5) is 0 Å². The number of aryl methyl sites for hydroxylation is 2. The van der Waals surface area contributed by atoms with E-state index in [9.17, 15) is 0 Å². The zero-order valence-electron chi connectivity index (χ0n) is 12.7. The van der Waals surface area contributed by atoms with E-state index in [1.807, 2.05) is 38.6 Å². The van der Waals surface area contributed by atoms with Gasteiger partial charge in [-0.3, -0.25) is 14.9 Å². The summed E-state index contributed by atoms with van der Waals surface area (Å²) in [5, 5.41) is 0. The molecule has 1 aliphatic rings. The van der Waals surface area contributed by atoms with E-state index in [2.05, 4.69) is 24.8 Å². The molecule has 0 aliphatic carbocycles. The van der Waals surface area contributed by atoms with E-state index in [0.717, 1.165) is 49.7 Å². The van der Waals surface area contributed by atoms with Crippen LogP contribution in [0.1, 0.15) is 41.5 Å². The van der Waals surface area contributed by atoms with Gasteiger partial charge in [0.15, 0.2) is 0 Å². The van der Waals surface area contributed by atoms with Gasteiger partial charge < -0.3 is 0 Å². The molecule has 3 rings (SSSR count). The number of rotatable bonds is 3. The Hall–Kier alpha value is -1.88. The lowest BCUT2D eigenvalue weighted by atomic mass is 9.93. The van der Waals surface area contributed by atoms with Gasteiger partial charge in [0.1, 0.15) is 5.82 Å². The third kappa shape index (κ3) is 3.61. The molecule has 1 aliphatic heterocycles. The van der Waals surface area contributed by atoms with Crippen molar-refractivity contribution in [1.29, 1.82) is 0 Å². The average Bonchev–Trinajstić information content (AvgIpc) is 2.50. The fourth-order valence-corrected chi connectivity index (χ4v) is 2.83. The Labute approximate surface area is 125 Å². The van der Waals surface area contributed by atoms with Crippen LogP contribution in [-0.4, -0.2) is 37.9 Å². The molecule has 3 heterocycles. The highest BCUT2D eigenvalue weighted by Gasteiger charge is 2.22. The Balaban J connectivity index is 1.56. The third-order valence-corrected chi connectivity index (χ3v) is 4.02. The molecule has 0 N–H and O–H groups in total. The summed E-state index contributed by atoms with van der Waals surface area (Å²) in [5.41, 5.74) is 3.34. The third-order valence-electron chi connectivity index (χ3n) is 4.02. The van der Waals surface area contributed by atoms with Crippen LogP contribution in [0.5, 0.6) is 0 Å². The van der Waals surface area contributed by atoms with Gasteiger partial charge in [-0.05, 0) is 39.8 Å². The van der Waals surface area contributed by atoms with Crippen molar-refractivity contribution >= 4 is 0 Å². The van der Waals surface area contributed by atoms with E-state index in [0.29, 0.717) is 5.92 Å². The van der Waals surface area contributed by atoms with Crippen LogP contribution in [0.15, 0.2) is 24.8 Å². The Kier molecular flexibility index (Phi) is 4.20. The first-order chi connectivity index (χ1) is 10.2. The van der Waals surface area contributed by atoms with Crippen molar-refractivity contribution < 1.29 is 0 Å². The standard InChI is InChI=1S/C16H21N5/c1-12-7-17-10-16(20-12)15-3-5-21(6-4-15)11-14-8-18-13(2)19-9-14/h7-10,15H,3-6,11H2,1-2H3. The molecule has 21 heavy (non-hydrogen) atoms. The van der Waals surface area contributed by atoms with Gasteiger partial charge in [0, 0.05) is 42.8 Å². The molecule has 1 saturated heterocycles. The zero-order chi connectivity index (χ0) is 14.7. The van der Waals surface area contributed by atoms with Crippen LogP contribution in [0.2, 0.25) is 0 Å². The van der Waals surface area contributed by atoms with Crippen molar-refractivity contribution in [3.63, 3.8) is 0 Å². The molecule has 0 atom stereocenters. The molecule has 0 aromatic carbocycles. The van der Waals surface area contributed by atoms with E-state index in [4.69, 9.17) is 0 Å². The van der Waals surface area contributed by atoms with Crippen molar-refractivity contribution in [2.45, 2.75) is 39.2 Å². The maximum absolute atomic E-state index is 4.61. The Morgan fingerprint density at radius 3 is 2.43 bits per heavy atom. The quantitative estimate of drug-likeness (QED) is 0.865. The van der Waals surface area contributed by atoms with Crippen molar-refractivity contribution in [2.24, 2.45) is 0 Å². The molecule has 0 spiro atoms. The molecule has 0 bridgehead atoms. The predicted octanol–water partition coefficient (Wildman–Crippen LogP) is 2.26. The van der Waals surface area contributed by atoms with Crippen molar-refractivity contribution in [3.05, 3.63) is 47.6 Å². The monoisotopic (exact) mass is 283 g/mol. The van der Waals surface area contributed by atoms with Crippen LogP contribution in [0, 0.1) is 13.8 Å². The Morgan fingerprint density at radius 2 is 1.76 bits per heavy atom. The van der Waals surface area contributed by atoms with Gasteiger partial charge in [-0.1, -0.05) is 0 Å². The van der Waals surface area contributed by atoms with E-state index in [1.54, 1.807) is 0 Å². The maximum Gasteiger partial charge on any atom is 0.125 e. The highest BCUT2D eigenvalue weighted by molar-refractivity contribution is 5.09. The van der Waals surface area contributed by atoms with Gasteiger partial charge in [0.05, 0.1) is 11.4 Å². The number of piperidine rings is 1. The molecule has 0 unspecified atom stereocenters. The zero-order valence-corrected chi connectivity index (χ0v) is 12.7. The summed E-state index contributed by atoms with van der Waals surface area (Å²) in [7, 11) is 0. The highest BCUT2D eigenvalue weighted by Crippen LogP contribution is 2.26. The molecule has 0 amide bonds. The summed E-state index contributed by atoms with van der Waals surface area (Å²) in [6, 6.07) is 0. The lowest BCUT2D eigenvalue weighted by Crippen LogP contribution is -2.32. The van der Waals surface area contributed by atoms with E-state index >= 15 is 0 Å². The summed E-state index contributed by atoms with van der Waals surface area (Å²) in [6.45, 7) is 7.04. The Bertz CT molecular complexity index is 588. The van der Waals surface area contributed by atoms with Crippen molar-refractivity contribution in [1.82, 2.24) is 24.8 Å². The summed E-state index contributed by atoms with van der Waals surface area (Å²) in [5.74, 6) is 1.37. The summed E-state index contributed by atoms with van der Waals surface area (Å²) < 4.78 is 0. The van der Waals surface area contributed by atoms with Gasteiger partial charge >= 0.3 is 0 Å². The molecule has 2 aromatic rings. The van der Waals surface area contributed by atoms with Crippen LogP contribution in [0.25, 0.3) is 0 Å². The van der Waals surface area contributed by atoms with Crippen LogP contribution in [-0.2, 0) is 6.54 Å². The topological polar surface area (TPSA) is 54.8 Å². The normalized spacial score (nSPS) is 17.0. The Morgan fingerprint density at radius 1 is 1.05 bits per heavy atom. The molecule has 2 aromatic heterocycles. The first-order valence-corrected chi connectivity index (χ1v) is 7.49. The molecule has 0 radical (unpaired) electrons. The number of hydrogen-bond acceptors (Lipinski definition) is 5. The molecular weight excluding hydrogens is 262 g/mol. The SMILES string of the molecule is Cc1cncc(C2CCN(Cc3cnc(C)nc3)CC2)n1. The largest absolute Gasteiger partial charge is 0.299 e. The van der Waals surface area contributed by atoms with E-state index < -0.39 is 0 Å². The summed E-state index contributed by atoms with van der Waals surface area (Å²) in [6.07, 6.45) is 9.88. The van der Waals surface area contributed by atoms with Gasteiger partial charge in [0.2, 0.25) is 0 Å². The lowest BCUT2D eigenvalue weighted by Gasteiger charge is -2.31. The molecule has 5 nitrogen and oxygen atoms in total. The van der Waals surface area contributed by atoms with E-state index in [-0.39, 0.29) is 0 Å². The first kappa shape index (κ1) is 14.1. The lowest BCUT2D eigenvalue weighted by molar-refractivity contribution is 0.202. The smallest absolute Gasteiger partial charge is 0.125 e. The maximum atomic E-state index is 4.61. The second kappa shape index (κ2) is 6.26. The van der Waals surface area contributed by atoms with Crippen LogP contribution < -0.4 is 0 Å². The predicted molar refractivity (Wildman–Crippen MR) is 80.8 cm³/mol. The number of hydrogen-bond donors (Lipinski definition) is 0. The number of nitrogens with zero attached hydrogens (tertiary/aromatic N) is 5. The fraction of sp³-hybridized carbons (Fsp3) is 0.500. The molecular formula is C16H21N5. The van der Waals surface area contributed by atoms with Crippen LogP contribution in [0.3, 0.4) is 0 Å². The molecule has 110 valence electrons. The van der Waals surface area contributed by atoms with Gasteiger partial charge in [-0.2, -0.15) is 0 Å². The summed E-state index contributed by atoms with van der Waals surface area (Å²) in [4.78, 5) is 19.9. The first-order valence-electron chi connectivity index (χ1n) is 7.49. The fourth-order valence-electron chi connectivity index (χ4n) is 2.83. The van der Waals surface area contributed by atoms with Gasteiger partial charge in [0.25, 0.3) is 0 Å². The highest BCUT2D eigenvalue weighted by atomic mass is 15.1. The average molecular weight is 283 g/mol. The molecule has 5 heteroatoms.